The Morgan fingerprint density at radius 1 is 1.36 bits per heavy atom. The van der Waals surface area contributed by atoms with Crippen LogP contribution in [0.15, 0.2) is 0 Å². The molecule has 1 aliphatic heterocycles. The summed E-state index contributed by atoms with van der Waals surface area (Å²) in [4.78, 5) is 0. The maximum absolute atomic E-state index is 11.0. The van der Waals surface area contributed by atoms with Crippen molar-refractivity contribution in [2.24, 2.45) is 5.73 Å². The minimum absolute atomic E-state index is 0.184. The van der Waals surface area contributed by atoms with Crippen LogP contribution in [-0.4, -0.2) is 39.2 Å². The molecule has 1 saturated heterocycles. The van der Waals surface area contributed by atoms with Gasteiger partial charge in [-0.3, -0.25) is 0 Å². The first-order valence-corrected chi connectivity index (χ1v) is 7.02. The summed E-state index contributed by atoms with van der Waals surface area (Å²) in [5.41, 5.74) is 5.79. The Bertz CT molecular complexity index is 266. The van der Waals surface area contributed by atoms with Crippen LogP contribution in [0.25, 0.3) is 0 Å². The second kappa shape index (κ2) is 4.59. The lowest BCUT2D eigenvalue weighted by atomic mass is 9.89. The van der Waals surface area contributed by atoms with Crippen LogP contribution in [0.2, 0.25) is 0 Å². The Hall–Kier alpha value is -0.130. The number of sulfone groups is 1. The lowest BCUT2D eigenvalue weighted by Crippen LogP contribution is -2.41. The van der Waals surface area contributed by atoms with Gasteiger partial charge in [0.15, 0.2) is 0 Å². The molecule has 1 rings (SSSR count). The van der Waals surface area contributed by atoms with Gasteiger partial charge >= 0.3 is 0 Å². The third-order valence-electron chi connectivity index (χ3n) is 2.68. The summed E-state index contributed by atoms with van der Waals surface area (Å²) in [6, 6.07) is 0. The first kappa shape index (κ1) is 11.9. The molecule has 0 bridgehead atoms. The summed E-state index contributed by atoms with van der Waals surface area (Å²) >= 11 is 0. The Labute approximate surface area is 85.7 Å². The van der Waals surface area contributed by atoms with E-state index in [4.69, 9.17) is 10.5 Å². The zero-order chi connectivity index (χ0) is 10.7. The molecule has 1 heterocycles. The molecule has 4 nitrogen and oxygen atoms in total. The predicted molar refractivity (Wildman–Crippen MR) is 55.9 cm³/mol. The molecule has 1 aliphatic rings. The van der Waals surface area contributed by atoms with Crippen LogP contribution in [0.1, 0.15) is 25.7 Å². The van der Waals surface area contributed by atoms with E-state index in [9.17, 15) is 8.42 Å². The van der Waals surface area contributed by atoms with Gasteiger partial charge in [-0.15, -0.1) is 0 Å². The van der Waals surface area contributed by atoms with Gasteiger partial charge in [0.25, 0.3) is 0 Å². The van der Waals surface area contributed by atoms with Crippen molar-refractivity contribution in [3.63, 3.8) is 0 Å². The maximum atomic E-state index is 11.0. The number of ether oxygens (including phenoxy) is 1. The molecule has 0 aromatic rings. The Balaban J connectivity index is 2.47. The van der Waals surface area contributed by atoms with E-state index in [1.165, 1.54) is 6.26 Å². The van der Waals surface area contributed by atoms with Gasteiger partial charge in [-0.2, -0.15) is 0 Å². The summed E-state index contributed by atoms with van der Waals surface area (Å²) in [6.45, 7) is 1.40. The summed E-state index contributed by atoms with van der Waals surface area (Å²) in [7, 11) is -2.89. The lowest BCUT2D eigenvalue weighted by molar-refractivity contribution is 0.139. The van der Waals surface area contributed by atoms with Gasteiger partial charge < -0.3 is 10.5 Å². The molecule has 84 valence electrons. The van der Waals surface area contributed by atoms with Crippen molar-refractivity contribution in [1.29, 1.82) is 0 Å². The van der Waals surface area contributed by atoms with E-state index < -0.39 is 9.84 Å². The molecule has 5 heteroatoms. The second-order valence-corrected chi connectivity index (χ2v) is 6.47. The fraction of sp³-hybridized carbons (Fsp3) is 1.00. The quantitative estimate of drug-likeness (QED) is 0.745. The van der Waals surface area contributed by atoms with Crippen LogP contribution >= 0.6 is 0 Å². The first-order chi connectivity index (χ1) is 6.41. The van der Waals surface area contributed by atoms with E-state index in [-0.39, 0.29) is 11.3 Å². The van der Waals surface area contributed by atoms with Gasteiger partial charge in [-0.25, -0.2) is 8.42 Å². The van der Waals surface area contributed by atoms with E-state index in [1.54, 1.807) is 0 Å². The number of hydrogen-bond donors (Lipinski definition) is 1. The zero-order valence-electron chi connectivity index (χ0n) is 8.66. The van der Waals surface area contributed by atoms with Crippen molar-refractivity contribution in [3.05, 3.63) is 0 Å². The number of nitrogens with two attached hydrogens (primary N) is 1. The van der Waals surface area contributed by atoms with Crippen molar-refractivity contribution in [2.75, 3.05) is 25.2 Å². The van der Waals surface area contributed by atoms with Gasteiger partial charge in [0, 0.05) is 25.0 Å². The molecular formula is C9H19NO3S. The molecule has 14 heavy (non-hydrogen) atoms. The standard InChI is InChI=1S/C9H19NO3S/c1-14(11,12)8-5-9(10)3-2-6-13-7-4-9/h2-8,10H2,1H3. The molecule has 1 unspecified atom stereocenters. The SMILES string of the molecule is CS(=O)(=O)CCC1(N)CCCOCC1. The second-order valence-electron chi connectivity index (χ2n) is 4.21. The van der Waals surface area contributed by atoms with Gasteiger partial charge in [-0.1, -0.05) is 0 Å². The number of rotatable bonds is 3. The summed E-state index contributed by atoms with van der Waals surface area (Å²) < 4.78 is 27.3. The molecule has 0 saturated carbocycles. The van der Waals surface area contributed by atoms with Crippen LogP contribution in [0.4, 0.5) is 0 Å². The van der Waals surface area contributed by atoms with Crippen molar-refractivity contribution >= 4 is 9.84 Å². The number of hydrogen-bond acceptors (Lipinski definition) is 4. The Morgan fingerprint density at radius 2 is 2.07 bits per heavy atom. The average Bonchev–Trinajstić information content (AvgIpc) is 2.27. The van der Waals surface area contributed by atoms with E-state index in [0.29, 0.717) is 13.0 Å². The highest BCUT2D eigenvalue weighted by Gasteiger charge is 2.27. The predicted octanol–water partition coefficient (Wildman–Crippen LogP) is 0.319. The Kier molecular flexibility index (Phi) is 3.92. The highest BCUT2D eigenvalue weighted by atomic mass is 32.2. The molecule has 0 aliphatic carbocycles. The van der Waals surface area contributed by atoms with Crippen LogP contribution in [0.5, 0.6) is 0 Å². The molecule has 0 amide bonds. The largest absolute Gasteiger partial charge is 0.381 e. The summed E-state index contributed by atoms with van der Waals surface area (Å²) in [6.07, 6.45) is 4.37. The zero-order valence-corrected chi connectivity index (χ0v) is 9.48. The highest BCUT2D eigenvalue weighted by molar-refractivity contribution is 7.90. The third-order valence-corrected chi connectivity index (χ3v) is 3.62. The molecule has 1 atom stereocenters. The topological polar surface area (TPSA) is 69.4 Å². The normalized spacial score (nSPS) is 29.9. The Morgan fingerprint density at radius 3 is 2.71 bits per heavy atom. The minimum atomic E-state index is -2.89. The molecule has 0 radical (unpaired) electrons. The van der Waals surface area contributed by atoms with Gasteiger partial charge in [-0.05, 0) is 25.7 Å². The molecule has 0 aromatic heterocycles. The van der Waals surface area contributed by atoms with E-state index in [1.807, 2.05) is 0 Å². The molecule has 2 N–H and O–H groups in total. The van der Waals surface area contributed by atoms with Crippen LogP contribution in [0.3, 0.4) is 0 Å². The van der Waals surface area contributed by atoms with Crippen LogP contribution in [0, 0.1) is 0 Å². The molecular weight excluding hydrogens is 202 g/mol. The fourth-order valence-electron chi connectivity index (χ4n) is 1.67. The van der Waals surface area contributed by atoms with Gasteiger partial charge in [0.05, 0.1) is 5.75 Å². The van der Waals surface area contributed by atoms with E-state index in [0.717, 1.165) is 25.9 Å². The smallest absolute Gasteiger partial charge is 0.147 e. The van der Waals surface area contributed by atoms with Crippen molar-refractivity contribution in [3.8, 4) is 0 Å². The van der Waals surface area contributed by atoms with E-state index >= 15 is 0 Å². The van der Waals surface area contributed by atoms with Crippen molar-refractivity contribution in [1.82, 2.24) is 0 Å². The molecule has 0 aromatic carbocycles. The fourth-order valence-corrected chi connectivity index (χ4v) is 2.44. The highest BCUT2D eigenvalue weighted by Crippen LogP contribution is 2.22. The monoisotopic (exact) mass is 221 g/mol. The first-order valence-electron chi connectivity index (χ1n) is 4.96. The van der Waals surface area contributed by atoms with Gasteiger partial charge in [0.1, 0.15) is 9.84 Å². The van der Waals surface area contributed by atoms with Crippen molar-refractivity contribution < 1.29 is 13.2 Å². The molecule has 0 spiro atoms. The summed E-state index contributed by atoms with van der Waals surface area (Å²) in [5.74, 6) is 0.184. The minimum Gasteiger partial charge on any atom is -0.381 e. The maximum Gasteiger partial charge on any atom is 0.147 e. The third kappa shape index (κ3) is 4.39. The van der Waals surface area contributed by atoms with E-state index in [2.05, 4.69) is 0 Å². The van der Waals surface area contributed by atoms with Crippen LogP contribution < -0.4 is 5.73 Å². The lowest BCUT2D eigenvalue weighted by Gasteiger charge is -2.26. The average molecular weight is 221 g/mol. The van der Waals surface area contributed by atoms with Crippen LogP contribution in [-0.2, 0) is 14.6 Å². The van der Waals surface area contributed by atoms with Gasteiger partial charge in [0.2, 0.25) is 0 Å². The summed E-state index contributed by atoms with van der Waals surface area (Å²) in [5, 5.41) is 0. The van der Waals surface area contributed by atoms with Crippen molar-refractivity contribution in [2.45, 2.75) is 31.2 Å². The molecule has 1 fully saturated rings.